The Bertz CT molecular complexity index is 1040. The SMILES string of the molecule is CN=C(NCc1nc(-c2ccc(OC)cc2)n[nH]1)NC1CCN(c2ncccc2Cl)C1. The van der Waals surface area contributed by atoms with Gasteiger partial charge in [-0.2, -0.15) is 5.10 Å². The molecule has 10 heteroatoms. The van der Waals surface area contributed by atoms with E-state index in [0.29, 0.717) is 23.4 Å². The van der Waals surface area contributed by atoms with Crippen molar-refractivity contribution in [2.75, 3.05) is 32.1 Å². The van der Waals surface area contributed by atoms with E-state index in [0.717, 1.165) is 42.5 Å². The Morgan fingerprint density at radius 1 is 1.32 bits per heavy atom. The summed E-state index contributed by atoms with van der Waals surface area (Å²) in [5.74, 6) is 3.69. The number of H-pyrrole nitrogens is 1. The van der Waals surface area contributed by atoms with Crippen LogP contribution in [0.1, 0.15) is 12.2 Å². The molecular weight excluding hydrogens is 416 g/mol. The van der Waals surface area contributed by atoms with Gasteiger partial charge in [-0.3, -0.25) is 10.1 Å². The number of aliphatic imine (C=N–C) groups is 1. The highest BCUT2D eigenvalue weighted by atomic mass is 35.5. The molecule has 3 heterocycles. The highest BCUT2D eigenvalue weighted by Gasteiger charge is 2.25. The predicted octanol–water partition coefficient (Wildman–Crippen LogP) is 2.47. The van der Waals surface area contributed by atoms with Crippen LogP contribution < -0.4 is 20.3 Å². The topological polar surface area (TPSA) is 103 Å². The average Bonchev–Trinajstić information content (AvgIpc) is 3.47. The molecule has 1 atom stereocenters. The van der Waals surface area contributed by atoms with Gasteiger partial charge in [-0.05, 0) is 42.8 Å². The fourth-order valence-electron chi connectivity index (χ4n) is 3.48. The van der Waals surface area contributed by atoms with Crippen LogP contribution in [0.25, 0.3) is 11.4 Å². The van der Waals surface area contributed by atoms with Crippen LogP contribution in [0, 0.1) is 0 Å². The highest BCUT2D eigenvalue weighted by Crippen LogP contribution is 2.25. The van der Waals surface area contributed by atoms with Gasteiger partial charge in [0.25, 0.3) is 0 Å². The Balaban J connectivity index is 1.30. The number of anilines is 1. The van der Waals surface area contributed by atoms with Crippen molar-refractivity contribution >= 4 is 23.4 Å². The van der Waals surface area contributed by atoms with E-state index >= 15 is 0 Å². The first-order valence-corrected chi connectivity index (χ1v) is 10.4. The van der Waals surface area contributed by atoms with Crippen LogP contribution in [0.3, 0.4) is 0 Å². The van der Waals surface area contributed by atoms with Crippen LogP contribution in [-0.2, 0) is 6.54 Å². The molecule has 0 aliphatic carbocycles. The average molecular weight is 441 g/mol. The number of hydrogen-bond acceptors (Lipinski definition) is 6. The minimum Gasteiger partial charge on any atom is -0.497 e. The van der Waals surface area contributed by atoms with E-state index < -0.39 is 0 Å². The lowest BCUT2D eigenvalue weighted by molar-refractivity contribution is 0.415. The monoisotopic (exact) mass is 440 g/mol. The van der Waals surface area contributed by atoms with Crippen molar-refractivity contribution in [1.82, 2.24) is 30.8 Å². The maximum absolute atomic E-state index is 6.28. The predicted molar refractivity (Wildman–Crippen MR) is 122 cm³/mol. The highest BCUT2D eigenvalue weighted by molar-refractivity contribution is 6.32. The first-order valence-electron chi connectivity index (χ1n) is 10.0. The number of rotatable bonds is 6. The molecule has 3 aromatic rings. The summed E-state index contributed by atoms with van der Waals surface area (Å²) in [5, 5.41) is 14.7. The van der Waals surface area contributed by atoms with E-state index in [4.69, 9.17) is 16.3 Å². The molecule has 0 saturated carbocycles. The van der Waals surface area contributed by atoms with Crippen molar-refractivity contribution in [2.24, 2.45) is 4.99 Å². The van der Waals surface area contributed by atoms with Crippen LogP contribution in [0.2, 0.25) is 5.02 Å². The molecule has 162 valence electrons. The van der Waals surface area contributed by atoms with Crippen molar-refractivity contribution in [1.29, 1.82) is 0 Å². The molecule has 0 radical (unpaired) electrons. The van der Waals surface area contributed by atoms with E-state index in [2.05, 4.69) is 40.7 Å². The lowest BCUT2D eigenvalue weighted by Gasteiger charge is -2.20. The number of halogens is 1. The summed E-state index contributed by atoms with van der Waals surface area (Å²) in [7, 11) is 3.39. The van der Waals surface area contributed by atoms with Gasteiger partial charge in [-0.15, -0.1) is 0 Å². The lowest BCUT2D eigenvalue weighted by Crippen LogP contribution is -2.44. The molecule has 0 spiro atoms. The third-order valence-corrected chi connectivity index (χ3v) is 5.39. The summed E-state index contributed by atoms with van der Waals surface area (Å²) in [6.07, 6.45) is 2.73. The molecule has 0 bridgehead atoms. The fourth-order valence-corrected chi connectivity index (χ4v) is 3.72. The lowest BCUT2D eigenvalue weighted by atomic mass is 10.2. The number of nitrogens with zero attached hydrogens (tertiary/aromatic N) is 5. The van der Waals surface area contributed by atoms with Gasteiger partial charge in [0.1, 0.15) is 17.4 Å². The molecule has 1 aliphatic heterocycles. The van der Waals surface area contributed by atoms with Crippen LogP contribution in [0.15, 0.2) is 47.6 Å². The zero-order chi connectivity index (χ0) is 21.6. The third kappa shape index (κ3) is 5.05. The minimum atomic E-state index is 0.244. The summed E-state index contributed by atoms with van der Waals surface area (Å²) in [5.41, 5.74) is 0.921. The zero-order valence-electron chi connectivity index (χ0n) is 17.5. The van der Waals surface area contributed by atoms with Crippen molar-refractivity contribution in [3.63, 3.8) is 0 Å². The maximum atomic E-state index is 6.28. The van der Waals surface area contributed by atoms with Crippen molar-refractivity contribution in [3.8, 4) is 17.1 Å². The molecule has 31 heavy (non-hydrogen) atoms. The van der Waals surface area contributed by atoms with E-state index in [9.17, 15) is 0 Å². The smallest absolute Gasteiger partial charge is 0.191 e. The maximum Gasteiger partial charge on any atom is 0.191 e. The number of ether oxygens (including phenoxy) is 1. The number of guanidine groups is 1. The normalized spacial score (nSPS) is 16.4. The third-order valence-electron chi connectivity index (χ3n) is 5.09. The summed E-state index contributed by atoms with van der Waals surface area (Å²) < 4.78 is 5.19. The molecule has 4 rings (SSSR count). The van der Waals surface area contributed by atoms with E-state index in [1.54, 1.807) is 20.4 Å². The van der Waals surface area contributed by atoms with E-state index in [1.165, 1.54) is 0 Å². The number of pyridine rings is 1. The summed E-state index contributed by atoms with van der Waals surface area (Å²) in [4.78, 5) is 15.5. The van der Waals surface area contributed by atoms with E-state index in [-0.39, 0.29) is 6.04 Å². The number of methoxy groups -OCH3 is 1. The van der Waals surface area contributed by atoms with Crippen LogP contribution in [-0.4, -0.2) is 59.4 Å². The second-order valence-corrected chi connectivity index (χ2v) is 7.55. The van der Waals surface area contributed by atoms with Gasteiger partial charge < -0.3 is 20.3 Å². The number of aromatic amines is 1. The summed E-state index contributed by atoms with van der Waals surface area (Å²) in [6, 6.07) is 11.6. The number of aromatic nitrogens is 4. The molecule has 1 unspecified atom stereocenters. The number of benzene rings is 1. The largest absolute Gasteiger partial charge is 0.497 e. The van der Waals surface area contributed by atoms with Crippen LogP contribution in [0.4, 0.5) is 5.82 Å². The zero-order valence-corrected chi connectivity index (χ0v) is 18.2. The summed E-state index contributed by atoms with van der Waals surface area (Å²) in [6.45, 7) is 2.17. The molecule has 1 fully saturated rings. The molecule has 1 aromatic carbocycles. The number of hydrogen-bond donors (Lipinski definition) is 3. The first-order chi connectivity index (χ1) is 15.2. The fraction of sp³-hybridized carbons (Fsp3) is 0.333. The summed E-state index contributed by atoms with van der Waals surface area (Å²) >= 11 is 6.28. The van der Waals surface area contributed by atoms with Crippen molar-refractivity contribution in [3.05, 3.63) is 53.4 Å². The molecular formula is C21H25ClN8O. The molecule has 0 amide bonds. The molecule has 9 nitrogen and oxygen atoms in total. The second-order valence-electron chi connectivity index (χ2n) is 7.14. The number of nitrogens with one attached hydrogen (secondary N) is 3. The molecule has 3 N–H and O–H groups in total. The van der Waals surface area contributed by atoms with Gasteiger partial charge in [0.15, 0.2) is 11.8 Å². The van der Waals surface area contributed by atoms with Gasteiger partial charge in [0.05, 0.1) is 18.7 Å². The van der Waals surface area contributed by atoms with Crippen LogP contribution in [0.5, 0.6) is 5.75 Å². The van der Waals surface area contributed by atoms with Gasteiger partial charge in [0, 0.05) is 37.9 Å². The Hall–Kier alpha value is -3.33. The molecule has 2 aromatic heterocycles. The van der Waals surface area contributed by atoms with E-state index in [1.807, 2.05) is 36.4 Å². The second kappa shape index (κ2) is 9.65. The van der Waals surface area contributed by atoms with Gasteiger partial charge >= 0.3 is 0 Å². The van der Waals surface area contributed by atoms with Crippen molar-refractivity contribution in [2.45, 2.75) is 19.0 Å². The van der Waals surface area contributed by atoms with Crippen LogP contribution >= 0.6 is 11.6 Å². The molecule has 1 saturated heterocycles. The Kier molecular flexibility index (Phi) is 6.51. The quantitative estimate of drug-likeness (QED) is 0.399. The van der Waals surface area contributed by atoms with Gasteiger partial charge in [0.2, 0.25) is 0 Å². The van der Waals surface area contributed by atoms with Gasteiger partial charge in [-0.25, -0.2) is 9.97 Å². The Labute approximate surface area is 185 Å². The molecule has 1 aliphatic rings. The van der Waals surface area contributed by atoms with Gasteiger partial charge in [-0.1, -0.05) is 11.6 Å². The van der Waals surface area contributed by atoms with Crippen molar-refractivity contribution < 1.29 is 4.74 Å². The first kappa shape index (κ1) is 20.9. The standard InChI is InChI=1S/C21H25ClN8O/c1-23-21(26-15-9-11-30(13-15)20-17(22)4-3-10-24-20)25-12-18-27-19(29-28-18)14-5-7-16(31-2)8-6-14/h3-8,10,15H,9,11-13H2,1-2H3,(H2,23,25,26)(H,27,28,29). The Morgan fingerprint density at radius 3 is 2.90 bits per heavy atom. The Morgan fingerprint density at radius 2 is 2.16 bits per heavy atom. The minimum absolute atomic E-state index is 0.244.